The number of hydrogen-bond acceptors (Lipinski definition) is 5. The minimum absolute atomic E-state index is 0.0337. The van der Waals surface area contributed by atoms with E-state index in [0.29, 0.717) is 18.0 Å². The first-order valence-corrected chi connectivity index (χ1v) is 7.45. The molecule has 0 fully saturated rings. The Kier molecular flexibility index (Phi) is 5.27. The Morgan fingerprint density at radius 1 is 1.42 bits per heavy atom. The van der Waals surface area contributed by atoms with Crippen LogP contribution in [0, 0.1) is 27.4 Å². The number of rotatable bonds is 6. The van der Waals surface area contributed by atoms with Crippen LogP contribution >= 0.6 is 0 Å². The molecule has 0 atom stereocenters. The molecule has 2 rings (SSSR count). The van der Waals surface area contributed by atoms with Crippen molar-refractivity contribution in [2.24, 2.45) is 5.92 Å². The second kappa shape index (κ2) is 7.37. The standard InChI is InChI=1S/C16H17N5O3/c1-11(2)3-8-15(22)18-16-12(9-17)10-20(19-16)13-4-6-14(7-5-13)21(23)24/h4-7,10-11H,3,8H2,1-2H3,(H,18,19,22). The SMILES string of the molecule is CC(C)CCC(=O)Nc1nn(-c2ccc([N+](=O)[O-])cc2)cc1C#N. The van der Waals surface area contributed by atoms with Crippen LogP contribution in [0.1, 0.15) is 32.3 Å². The normalized spacial score (nSPS) is 10.4. The van der Waals surface area contributed by atoms with Gasteiger partial charge in [-0.3, -0.25) is 14.9 Å². The van der Waals surface area contributed by atoms with E-state index in [4.69, 9.17) is 0 Å². The Balaban J connectivity index is 2.19. The van der Waals surface area contributed by atoms with Crippen LogP contribution in [0.2, 0.25) is 0 Å². The molecule has 1 amide bonds. The second-order valence-corrected chi connectivity index (χ2v) is 5.70. The van der Waals surface area contributed by atoms with Crippen molar-refractivity contribution in [2.75, 3.05) is 5.32 Å². The maximum atomic E-state index is 11.9. The molecule has 0 aliphatic heterocycles. The summed E-state index contributed by atoms with van der Waals surface area (Å²) in [6.45, 7) is 4.05. The summed E-state index contributed by atoms with van der Waals surface area (Å²) < 4.78 is 1.40. The molecule has 1 aromatic heterocycles. The van der Waals surface area contributed by atoms with E-state index >= 15 is 0 Å². The molecule has 0 bridgehead atoms. The van der Waals surface area contributed by atoms with Crippen molar-refractivity contribution in [3.8, 4) is 11.8 Å². The molecular weight excluding hydrogens is 310 g/mol. The largest absolute Gasteiger partial charge is 0.308 e. The summed E-state index contributed by atoms with van der Waals surface area (Å²) in [5.74, 6) is 0.391. The van der Waals surface area contributed by atoms with Gasteiger partial charge in [-0.25, -0.2) is 4.68 Å². The predicted molar refractivity (Wildman–Crippen MR) is 87.6 cm³/mol. The maximum absolute atomic E-state index is 11.9. The van der Waals surface area contributed by atoms with Crippen LogP contribution in [-0.2, 0) is 4.79 Å². The lowest BCUT2D eigenvalue weighted by atomic mass is 10.1. The summed E-state index contributed by atoms with van der Waals surface area (Å²) in [6, 6.07) is 7.73. The number of aromatic nitrogens is 2. The molecule has 1 heterocycles. The fourth-order valence-electron chi connectivity index (χ4n) is 2.02. The maximum Gasteiger partial charge on any atom is 0.269 e. The molecule has 8 nitrogen and oxygen atoms in total. The van der Waals surface area contributed by atoms with E-state index in [2.05, 4.69) is 10.4 Å². The van der Waals surface area contributed by atoms with Gasteiger partial charge in [0.15, 0.2) is 5.82 Å². The molecule has 0 radical (unpaired) electrons. The highest BCUT2D eigenvalue weighted by molar-refractivity contribution is 5.90. The summed E-state index contributed by atoms with van der Waals surface area (Å²) in [5, 5.41) is 26.7. The highest BCUT2D eigenvalue weighted by Gasteiger charge is 2.14. The molecule has 124 valence electrons. The summed E-state index contributed by atoms with van der Waals surface area (Å²) in [4.78, 5) is 22.1. The van der Waals surface area contributed by atoms with Gasteiger partial charge >= 0.3 is 0 Å². The quantitative estimate of drug-likeness (QED) is 0.647. The third-order valence-corrected chi connectivity index (χ3v) is 3.37. The minimum Gasteiger partial charge on any atom is -0.308 e. The lowest BCUT2D eigenvalue weighted by Gasteiger charge is -2.05. The topological polar surface area (TPSA) is 114 Å². The number of carbonyl (C=O) groups is 1. The molecular formula is C16H17N5O3. The molecule has 0 aliphatic carbocycles. The van der Waals surface area contributed by atoms with E-state index < -0.39 is 4.92 Å². The number of amides is 1. The Hall–Kier alpha value is -3.21. The van der Waals surface area contributed by atoms with Gasteiger partial charge in [0.25, 0.3) is 5.69 Å². The number of nitrogens with one attached hydrogen (secondary N) is 1. The number of nitriles is 1. The van der Waals surface area contributed by atoms with E-state index in [9.17, 15) is 20.2 Å². The predicted octanol–water partition coefficient (Wildman–Crippen LogP) is 3.03. The zero-order chi connectivity index (χ0) is 17.7. The Morgan fingerprint density at radius 3 is 2.62 bits per heavy atom. The summed E-state index contributed by atoms with van der Waals surface area (Å²) in [5.41, 5.74) is 0.750. The zero-order valence-corrected chi connectivity index (χ0v) is 13.4. The van der Waals surface area contributed by atoms with Crippen molar-refractivity contribution >= 4 is 17.4 Å². The first-order chi connectivity index (χ1) is 11.4. The Morgan fingerprint density at radius 2 is 2.08 bits per heavy atom. The van der Waals surface area contributed by atoms with Gasteiger partial charge in [0.1, 0.15) is 11.6 Å². The van der Waals surface area contributed by atoms with Gasteiger partial charge in [-0.1, -0.05) is 13.8 Å². The van der Waals surface area contributed by atoms with Gasteiger partial charge in [-0.15, -0.1) is 5.10 Å². The average molecular weight is 327 g/mol. The van der Waals surface area contributed by atoms with Crippen LogP contribution in [0.15, 0.2) is 30.5 Å². The number of nitro groups is 1. The molecule has 0 aliphatic rings. The van der Waals surface area contributed by atoms with E-state index in [1.807, 2.05) is 19.9 Å². The van der Waals surface area contributed by atoms with E-state index in [0.717, 1.165) is 6.42 Å². The molecule has 1 aromatic carbocycles. The number of nitrogens with zero attached hydrogens (tertiary/aromatic N) is 4. The van der Waals surface area contributed by atoms with Gasteiger partial charge in [0.2, 0.25) is 5.91 Å². The van der Waals surface area contributed by atoms with Crippen LogP contribution in [-0.4, -0.2) is 20.6 Å². The van der Waals surface area contributed by atoms with Crippen LogP contribution in [0.4, 0.5) is 11.5 Å². The lowest BCUT2D eigenvalue weighted by molar-refractivity contribution is -0.384. The van der Waals surface area contributed by atoms with Gasteiger partial charge < -0.3 is 5.32 Å². The molecule has 0 saturated carbocycles. The van der Waals surface area contributed by atoms with E-state index in [-0.39, 0.29) is 23.0 Å². The van der Waals surface area contributed by atoms with Crippen molar-refractivity contribution < 1.29 is 9.72 Å². The lowest BCUT2D eigenvalue weighted by Crippen LogP contribution is -2.13. The van der Waals surface area contributed by atoms with Crippen molar-refractivity contribution in [2.45, 2.75) is 26.7 Å². The minimum atomic E-state index is -0.492. The third kappa shape index (κ3) is 4.16. The Labute approximate surface area is 138 Å². The Bertz CT molecular complexity index is 787. The van der Waals surface area contributed by atoms with Crippen LogP contribution < -0.4 is 5.32 Å². The molecule has 0 spiro atoms. The molecule has 2 aromatic rings. The van der Waals surface area contributed by atoms with Crippen LogP contribution in [0.25, 0.3) is 5.69 Å². The number of anilines is 1. The number of non-ortho nitro benzene ring substituents is 1. The van der Waals surface area contributed by atoms with E-state index in [1.165, 1.54) is 35.1 Å². The fourth-order valence-corrected chi connectivity index (χ4v) is 2.02. The van der Waals surface area contributed by atoms with Crippen molar-refractivity contribution in [1.82, 2.24) is 9.78 Å². The van der Waals surface area contributed by atoms with Crippen LogP contribution in [0.3, 0.4) is 0 Å². The molecule has 0 saturated heterocycles. The third-order valence-electron chi connectivity index (χ3n) is 3.37. The number of carbonyl (C=O) groups excluding carboxylic acids is 1. The van der Waals surface area contributed by atoms with Crippen molar-refractivity contribution in [3.05, 3.63) is 46.1 Å². The van der Waals surface area contributed by atoms with Gasteiger partial charge in [0.05, 0.1) is 16.8 Å². The molecule has 1 N–H and O–H groups in total. The summed E-state index contributed by atoms with van der Waals surface area (Å²) >= 11 is 0. The molecule has 24 heavy (non-hydrogen) atoms. The zero-order valence-electron chi connectivity index (χ0n) is 13.4. The van der Waals surface area contributed by atoms with E-state index in [1.54, 1.807) is 0 Å². The van der Waals surface area contributed by atoms with Gasteiger partial charge in [-0.2, -0.15) is 5.26 Å². The number of benzene rings is 1. The van der Waals surface area contributed by atoms with Gasteiger partial charge in [-0.05, 0) is 24.5 Å². The highest BCUT2D eigenvalue weighted by Crippen LogP contribution is 2.19. The number of nitro benzene ring substituents is 1. The monoisotopic (exact) mass is 327 g/mol. The van der Waals surface area contributed by atoms with Gasteiger partial charge in [0, 0.05) is 18.6 Å². The fraction of sp³-hybridized carbons (Fsp3) is 0.312. The molecule has 8 heteroatoms. The second-order valence-electron chi connectivity index (χ2n) is 5.70. The first kappa shape index (κ1) is 17.1. The van der Waals surface area contributed by atoms with Crippen molar-refractivity contribution in [1.29, 1.82) is 5.26 Å². The van der Waals surface area contributed by atoms with Crippen molar-refractivity contribution in [3.63, 3.8) is 0 Å². The highest BCUT2D eigenvalue weighted by atomic mass is 16.6. The smallest absolute Gasteiger partial charge is 0.269 e. The average Bonchev–Trinajstić information content (AvgIpc) is 2.96. The first-order valence-electron chi connectivity index (χ1n) is 7.45. The summed E-state index contributed by atoms with van der Waals surface area (Å²) in [6.07, 6.45) is 2.57. The van der Waals surface area contributed by atoms with Crippen LogP contribution in [0.5, 0.6) is 0 Å². The molecule has 0 unspecified atom stereocenters. The number of hydrogen-bond donors (Lipinski definition) is 1. The summed E-state index contributed by atoms with van der Waals surface area (Å²) in [7, 11) is 0.